The lowest BCUT2D eigenvalue weighted by atomic mass is 10.2. The zero-order chi connectivity index (χ0) is 9.14. The predicted octanol–water partition coefficient (Wildman–Crippen LogP) is 2.26. The third-order valence-corrected chi connectivity index (χ3v) is 1.60. The van der Waals surface area contributed by atoms with E-state index in [9.17, 15) is 9.60 Å². The zero-order valence-corrected chi connectivity index (χ0v) is 6.52. The molecule has 1 aromatic carbocycles. The first-order chi connectivity index (χ1) is 5.69. The van der Waals surface area contributed by atoms with Gasteiger partial charge in [0.2, 0.25) is 0 Å². The third kappa shape index (κ3) is 1.47. The van der Waals surface area contributed by atoms with Gasteiger partial charge < -0.3 is 10.7 Å². The number of rotatable bonds is 1. The first-order valence-corrected chi connectivity index (χ1v) is 3.34. The van der Waals surface area contributed by atoms with Crippen molar-refractivity contribution in [2.24, 2.45) is 0 Å². The van der Waals surface area contributed by atoms with Crippen LogP contribution in [0.4, 0.5) is 10.1 Å². The highest BCUT2D eigenvalue weighted by Crippen LogP contribution is 2.23. The van der Waals surface area contributed by atoms with Crippen molar-refractivity contribution in [1.82, 2.24) is 0 Å². The van der Waals surface area contributed by atoms with Crippen molar-refractivity contribution in [3.8, 4) is 6.07 Å². The maximum atomic E-state index is 12.7. The topological polar surface area (TPSA) is 58.9 Å². The Labute approximate surface area is 73.0 Å². The van der Waals surface area contributed by atoms with Crippen LogP contribution in [0.5, 0.6) is 0 Å². The highest BCUT2D eigenvalue weighted by Gasteiger charge is 2.05. The normalized spacial score (nSPS) is 9.17. The average Bonchev–Trinajstić information content (AvgIpc) is 2.05. The summed E-state index contributed by atoms with van der Waals surface area (Å²) in [6, 6.07) is 3.70. The number of nitriles is 1. The summed E-state index contributed by atoms with van der Waals surface area (Å²) < 4.78 is 12.7. The van der Waals surface area contributed by atoms with Crippen LogP contribution in [0, 0.1) is 22.4 Å². The molecule has 0 amide bonds. The van der Waals surface area contributed by atoms with E-state index in [1.807, 2.05) is 0 Å². The molecule has 0 fully saturated rings. The lowest BCUT2D eigenvalue weighted by Crippen LogP contribution is -1.91. The zero-order valence-electron chi connectivity index (χ0n) is 5.77. The van der Waals surface area contributed by atoms with Crippen molar-refractivity contribution in [3.63, 3.8) is 0 Å². The van der Waals surface area contributed by atoms with Gasteiger partial charge in [0, 0.05) is 0 Å². The van der Waals surface area contributed by atoms with Gasteiger partial charge in [0.15, 0.2) is 0 Å². The van der Waals surface area contributed by atoms with Gasteiger partial charge in [-0.1, -0.05) is 11.6 Å². The molecule has 5 heteroatoms. The Balaban J connectivity index is 3.30. The predicted molar refractivity (Wildman–Crippen MR) is 43.1 cm³/mol. The fourth-order valence-corrected chi connectivity index (χ4v) is 0.905. The number of nitrogens with one attached hydrogen (secondary N) is 1. The highest BCUT2D eigenvalue weighted by atomic mass is 35.5. The second kappa shape index (κ2) is 3.39. The van der Waals surface area contributed by atoms with Gasteiger partial charge in [-0.05, 0) is 12.1 Å². The Bertz CT molecular complexity index is 348. The SMILES string of the molecule is N#Cc1cc(N[O-])c(F)cc1Cl. The second-order valence-corrected chi connectivity index (χ2v) is 2.43. The Hall–Kier alpha value is -1.31. The average molecular weight is 186 g/mol. The lowest BCUT2D eigenvalue weighted by molar-refractivity contribution is 0.632. The number of hydrogen-bond donors (Lipinski definition) is 1. The van der Waals surface area contributed by atoms with Crippen LogP contribution >= 0.6 is 11.6 Å². The molecule has 0 aliphatic rings. The van der Waals surface area contributed by atoms with E-state index in [2.05, 4.69) is 0 Å². The Morgan fingerprint density at radius 3 is 2.75 bits per heavy atom. The lowest BCUT2D eigenvalue weighted by Gasteiger charge is -2.10. The molecule has 0 saturated carbocycles. The van der Waals surface area contributed by atoms with E-state index < -0.39 is 5.82 Å². The van der Waals surface area contributed by atoms with Crippen molar-refractivity contribution in [2.75, 3.05) is 5.48 Å². The van der Waals surface area contributed by atoms with E-state index in [-0.39, 0.29) is 16.3 Å². The summed E-state index contributed by atoms with van der Waals surface area (Å²) in [5.41, 5.74) is 1.15. The van der Waals surface area contributed by atoms with Crippen molar-refractivity contribution in [3.05, 3.63) is 33.7 Å². The van der Waals surface area contributed by atoms with Gasteiger partial charge in [0.1, 0.15) is 11.9 Å². The summed E-state index contributed by atoms with van der Waals surface area (Å²) in [5.74, 6) is -0.769. The fraction of sp³-hybridized carbons (Fsp3) is 0. The summed E-state index contributed by atoms with van der Waals surface area (Å²) in [5, 5.41) is 18.5. The second-order valence-electron chi connectivity index (χ2n) is 2.03. The number of halogens is 2. The smallest absolute Gasteiger partial charge is 0.147 e. The maximum Gasteiger partial charge on any atom is 0.147 e. The summed E-state index contributed by atoms with van der Waals surface area (Å²) in [7, 11) is 0. The van der Waals surface area contributed by atoms with Crippen molar-refractivity contribution in [1.29, 1.82) is 5.26 Å². The Kier molecular flexibility index (Phi) is 2.48. The maximum absolute atomic E-state index is 12.7. The molecule has 0 atom stereocenters. The minimum absolute atomic E-state index is 0.00556. The van der Waals surface area contributed by atoms with E-state index in [4.69, 9.17) is 16.9 Å². The minimum Gasteiger partial charge on any atom is -0.761 e. The Morgan fingerprint density at radius 1 is 1.58 bits per heavy atom. The van der Waals surface area contributed by atoms with E-state index in [0.29, 0.717) is 0 Å². The van der Waals surface area contributed by atoms with Gasteiger partial charge in [-0.3, -0.25) is 0 Å². The highest BCUT2D eigenvalue weighted by molar-refractivity contribution is 6.31. The molecule has 3 nitrogen and oxygen atoms in total. The van der Waals surface area contributed by atoms with E-state index in [0.717, 1.165) is 12.1 Å². The number of anilines is 1. The number of benzene rings is 1. The van der Waals surface area contributed by atoms with E-state index in [1.54, 1.807) is 6.07 Å². The summed E-state index contributed by atoms with van der Waals surface area (Å²) in [4.78, 5) is 0. The monoisotopic (exact) mass is 185 g/mol. The molecule has 0 aliphatic heterocycles. The van der Waals surface area contributed by atoms with E-state index >= 15 is 0 Å². The summed E-state index contributed by atoms with van der Waals surface area (Å²) in [6.07, 6.45) is 0. The van der Waals surface area contributed by atoms with Crippen LogP contribution in [0.15, 0.2) is 12.1 Å². The molecule has 12 heavy (non-hydrogen) atoms. The first kappa shape index (κ1) is 8.78. The van der Waals surface area contributed by atoms with Crippen LogP contribution in [0.3, 0.4) is 0 Å². The Morgan fingerprint density at radius 2 is 2.25 bits per heavy atom. The van der Waals surface area contributed by atoms with Gasteiger partial charge in [-0.2, -0.15) is 5.26 Å². The van der Waals surface area contributed by atoms with Gasteiger partial charge in [-0.15, -0.1) is 0 Å². The summed E-state index contributed by atoms with van der Waals surface area (Å²) >= 11 is 5.47. The molecule has 1 aromatic rings. The molecule has 0 aliphatic carbocycles. The van der Waals surface area contributed by atoms with Gasteiger partial charge >= 0.3 is 0 Å². The minimum atomic E-state index is -0.769. The van der Waals surface area contributed by atoms with Crippen LogP contribution in [-0.2, 0) is 0 Å². The molecule has 0 bridgehead atoms. The van der Waals surface area contributed by atoms with Crippen LogP contribution in [-0.4, -0.2) is 0 Å². The molecule has 1 N–H and O–H groups in total. The molecule has 1 rings (SSSR count). The number of hydrogen-bond acceptors (Lipinski definition) is 3. The number of nitrogens with zero attached hydrogens (tertiary/aromatic N) is 1. The third-order valence-electron chi connectivity index (χ3n) is 1.29. The van der Waals surface area contributed by atoms with Crippen molar-refractivity contribution < 1.29 is 4.39 Å². The molecule has 0 heterocycles. The van der Waals surface area contributed by atoms with Crippen LogP contribution in [0.2, 0.25) is 5.02 Å². The molecule has 0 saturated heterocycles. The van der Waals surface area contributed by atoms with Crippen LogP contribution < -0.4 is 5.48 Å². The van der Waals surface area contributed by atoms with E-state index in [1.165, 1.54) is 5.48 Å². The standard InChI is InChI=1S/C7H3ClFN2O/c8-5-2-6(9)7(11-12)1-4(5)3-10/h1-2,11H/q-1. The largest absolute Gasteiger partial charge is 0.761 e. The first-order valence-electron chi connectivity index (χ1n) is 2.96. The molecule has 0 radical (unpaired) electrons. The molecule has 0 spiro atoms. The summed E-state index contributed by atoms with van der Waals surface area (Å²) in [6.45, 7) is 0. The van der Waals surface area contributed by atoms with Crippen molar-refractivity contribution >= 4 is 17.3 Å². The quantitative estimate of drug-likeness (QED) is 0.683. The van der Waals surface area contributed by atoms with Gasteiger partial charge in [-0.25, -0.2) is 4.39 Å². The molecule has 0 unspecified atom stereocenters. The van der Waals surface area contributed by atoms with Gasteiger partial charge in [0.25, 0.3) is 0 Å². The molecular formula is C7H3ClFN2O-. The molecule has 0 aromatic heterocycles. The molecule has 62 valence electrons. The van der Waals surface area contributed by atoms with Crippen LogP contribution in [0.1, 0.15) is 5.56 Å². The fourth-order valence-electron chi connectivity index (χ4n) is 0.713. The van der Waals surface area contributed by atoms with Gasteiger partial charge in [0.05, 0.1) is 16.3 Å². The van der Waals surface area contributed by atoms with Crippen LogP contribution in [0.25, 0.3) is 0 Å². The molecular weight excluding hydrogens is 183 g/mol. The van der Waals surface area contributed by atoms with Crippen molar-refractivity contribution in [2.45, 2.75) is 0 Å².